The number of nitrogens with one attached hydrogen (secondary N) is 2. The molecule has 7 nitrogen and oxygen atoms in total. The normalized spacial score (nSPS) is 10.5. The summed E-state index contributed by atoms with van der Waals surface area (Å²) in [5.74, 6) is -1.78. The van der Waals surface area contributed by atoms with Gasteiger partial charge < -0.3 is 15.4 Å². The molecule has 3 N–H and O–H groups in total. The molecular weight excluding hydrogens is 272 g/mol. The molecule has 2 heterocycles. The van der Waals surface area contributed by atoms with Crippen molar-refractivity contribution in [1.82, 2.24) is 15.0 Å². The number of aromatic nitrogens is 3. The number of hydrogen-bond donors (Lipinski definition) is 3. The minimum Gasteiger partial charge on any atom is -0.476 e. The van der Waals surface area contributed by atoms with Crippen LogP contribution >= 0.6 is 0 Å². The van der Waals surface area contributed by atoms with Crippen molar-refractivity contribution >= 4 is 28.6 Å². The molecule has 0 bridgehead atoms. The number of carbonyl (C=O) groups is 2. The summed E-state index contributed by atoms with van der Waals surface area (Å²) in [6, 6.07) is 7.32. The topological polar surface area (TPSA) is 108 Å². The van der Waals surface area contributed by atoms with Gasteiger partial charge in [-0.05, 0) is 6.07 Å². The molecule has 3 rings (SSSR count). The Bertz CT molecular complexity index is 841. The van der Waals surface area contributed by atoms with Crippen molar-refractivity contribution < 1.29 is 14.7 Å². The van der Waals surface area contributed by atoms with Crippen molar-refractivity contribution in [3.63, 3.8) is 0 Å². The average molecular weight is 282 g/mol. The van der Waals surface area contributed by atoms with Gasteiger partial charge in [0, 0.05) is 29.5 Å². The largest absolute Gasteiger partial charge is 0.476 e. The number of carboxylic acid groups (broad SMARTS) is 1. The van der Waals surface area contributed by atoms with Crippen molar-refractivity contribution in [1.29, 1.82) is 0 Å². The zero-order chi connectivity index (χ0) is 14.8. The molecule has 0 aliphatic heterocycles. The zero-order valence-corrected chi connectivity index (χ0v) is 10.7. The second-order valence-corrected chi connectivity index (χ2v) is 4.26. The molecule has 0 atom stereocenters. The summed E-state index contributed by atoms with van der Waals surface area (Å²) < 4.78 is 0. The maximum absolute atomic E-state index is 12.3. The first-order chi connectivity index (χ1) is 10.2. The highest BCUT2D eigenvalue weighted by molar-refractivity contribution is 6.13. The summed E-state index contributed by atoms with van der Waals surface area (Å²) >= 11 is 0. The number of nitrogens with zero attached hydrogens (tertiary/aromatic N) is 2. The summed E-state index contributed by atoms with van der Waals surface area (Å²) in [5.41, 5.74) is 0.929. The van der Waals surface area contributed by atoms with Crippen molar-refractivity contribution in [3.8, 4) is 0 Å². The first-order valence-electron chi connectivity index (χ1n) is 6.08. The van der Waals surface area contributed by atoms with Crippen LogP contribution in [0.25, 0.3) is 10.9 Å². The van der Waals surface area contributed by atoms with Crippen LogP contribution in [0.5, 0.6) is 0 Å². The lowest BCUT2D eigenvalue weighted by Gasteiger charge is -2.05. The van der Waals surface area contributed by atoms with Crippen molar-refractivity contribution in [2.45, 2.75) is 0 Å². The summed E-state index contributed by atoms with van der Waals surface area (Å²) in [4.78, 5) is 33.8. The molecule has 1 aromatic carbocycles. The van der Waals surface area contributed by atoms with E-state index in [2.05, 4.69) is 20.3 Å². The summed E-state index contributed by atoms with van der Waals surface area (Å²) in [7, 11) is 0. The SMILES string of the molecule is O=C(O)c1nccnc1NC(=O)c1c[nH]c2ccccc12. The number of carboxylic acids is 1. The van der Waals surface area contributed by atoms with Crippen LogP contribution in [0.2, 0.25) is 0 Å². The Morgan fingerprint density at radius 1 is 1.14 bits per heavy atom. The van der Waals surface area contributed by atoms with Crippen LogP contribution in [0.4, 0.5) is 5.82 Å². The lowest BCUT2D eigenvalue weighted by Crippen LogP contribution is -2.16. The second-order valence-electron chi connectivity index (χ2n) is 4.26. The quantitative estimate of drug-likeness (QED) is 0.680. The molecule has 3 aromatic rings. The molecule has 7 heteroatoms. The molecule has 0 radical (unpaired) electrons. The number of fused-ring (bicyclic) bond motifs is 1. The van der Waals surface area contributed by atoms with Crippen LogP contribution < -0.4 is 5.32 Å². The van der Waals surface area contributed by atoms with Gasteiger partial charge in [0.15, 0.2) is 11.5 Å². The molecule has 0 spiro atoms. The Kier molecular flexibility index (Phi) is 3.07. The number of rotatable bonds is 3. The van der Waals surface area contributed by atoms with Crippen molar-refractivity contribution in [2.24, 2.45) is 0 Å². The molecular formula is C14H10N4O3. The number of para-hydroxylation sites is 1. The maximum Gasteiger partial charge on any atom is 0.358 e. The van der Waals surface area contributed by atoms with E-state index in [1.54, 1.807) is 12.3 Å². The fraction of sp³-hybridized carbons (Fsp3) is 0. The van der Waals surface area contributed by atoms with Gasteiger partial charge in [0.1, 0.15) is 0 Å². The van der Waals surface area contributed by atoms with Crippen molar-refractivity contribution in [2.75, 3.05) is 5.32 Å². The van der Waals surface area contributed by atoms with Gasteiger partial charge in [0.05, 0.1) is 5.56 Å². The third kappa shape index (κ3) is 2.32. The van der Waals surface area contributed by atoms with Crippen LogP contribution in [0.3, 0.4) is 0 Å². The van der Waals surface area contributed by atoms with Gasteiger partial charge in [-0.1, -0.05) is 18.2 Å². The maximum atomic E-state index is 12.3. The number of carbonyl (C=O) groups excluding carboxylic acids is 1. The summed E-state index contributed by atoms with van der Waals surface area (Å²) in [6.07, 6.45) is 4.14. The lowest BCUT2D eigenvalue weighted by molar-refractivity contribution is 0.0691. The fourth-order valence-electron chi connectivity index (χ4n) is 2.02. The summed E-state index contributed by atoms with van der Waals surface area (Å²) in [6.45, 7) is 0. The second kappa shape index (κ2) is 5.04. The molecule has 0 saturated carbocycles. The van der Waals surface area contributed by atoms with E-state index in [1.165, 1.54) is 12.4 Å². The zero-order valence-electron chi connectivity index (χ0n) is 10.7. The Labute approximate surface area is 118 Å². The van der Waals surface area contributed by atoms with Gasteiger partial charge >= 0.3 is 5.97 Å². The molecule has 0 saturated heterocycles. The Morgan fingerprint density at radius 3 is 2.71 bits per heavy atom. The van der Waals surface area contributed by atoms with Gasteiger partial charge in [-0.2, -0.15) is 0 Å². The van der Waals surface area contributed by atoms with E-state index < -0.39 is 11.9 Å². The number of aromatic carboxylic acids is 1. The number of benzene rings is 1. The van der Waals surface area contributed by atoms with Gasteiger partial charge in [-0.25, -0.2) is 14.8 Å². The molecule has 0 fully saturated rings. The number of anilines is 1. The number of H-pyrrole nitrogens is 1. The fourth-order valence-corrected chi connectivity index (χ4v) is 2.02. The number of hydrogen-bond acceptors (Lipinski definition) is 4. The van der Waals surface area contributed by atoms with Gasteiger partial charge in [0.2, 0.25) is 0 Å². The minimum absolute atomic E-state index is 0.0831. The van der Waals surface area contributed by atoms with Crippen molar-refractivity contribution in [3.05, 3.63) is 54.1 Å². The number of aromatic amines is 1. The Balaban J connectivity index is 1.96. The lowest BCUT2D eigenvalue weighted by atomic mass is 10.1. The Morgan fingerprint density at radius 2 is 1.90 bits per heavy atom. The van der Waals surface area contributed by atoms with E-state index in [4.69, 9.17) is 5.11 Å². The van der Waals surface area contributed by atoms with E-state index in [0.717, 1.165) is 10.9 Å². The minimum atomic E-state index is -1.25. The highest BCUT2D eigenvalue weighted by Gasteiger charge is 2.17. The molecule has 0 aliphatic rings. The third-order valence-electron chi connectivity index (χ3n) is 2.97. The van der Waals surface area contributed by atoms with Crippen LogP contribution in [0.15, 0.2) is 42.9 Å². The van der Waals surface area contributed by atoms with Crippen LogP contribution in [0.1, 0.15) is 20.8 Å². The van der Waals surface area contributed by atoms with Crippen LogP contribution in [-0.4, -0.2) is 31.9 Å². The van der Waals surface area contributed by atoms with Gasteiger partial charge in [0.25, 0.3) is 5.91 Å². The molecule has 21 heavy (non-hydrogen) atoms. The smallest absolute Gasteiger partial charge is 0.358 e. The molecule has 0 aliphatic carbocycles. The van der Waals surface area contributed by atoms with Crippen LogP contribution in [-0.2, 0) is 0 Å². The van der Waals surface area contributed by atoms with Crippen LogP contribution in [0, 0.1) is 0 Å². The monoisotopic (exact) mass is 282 g/mol. The van der Waals surface area contributed by atoms with E-state index in [9.17, 15) is 9.59 Å². The molecule has 1 amide bonds. The first kappa shape index (κ1) is 12.8. The van der Waals surface area contributed by atoms with E-state index in [1.807, 2.05) is 18.2 Å². The van der Waals surface area contributed by atoms with Gasteiger partial charge in [-0.3, -0.25) is 4.79 Å². The number of amides is 1. The summed E-state index contributed by atoms with van der Waals surface area (Å²) in [5, 5.41) is 12.2. The molecule has 2 aromatic heterocycles. The van der Waals surface area contributed by atoms with Gasteiger partial charge in [-0.15, -0.1) is 0 Å². The molecule has 104 valence electrons. The average Bonchev–Trinajstić information content (AvgIpc) is 2.91. The van der Waals surface area contributed by atoms with E-state index in [-0.39, 0.29) is 11.5 Å². The predicted octanol–water partition coefficient (Wildman–Crippen LogP) is 1.91. The predicted molar refractivity (Wildman–Crippen MR) is 75.2 cm³/mol. The first-order valence-corrected chi connectivity index (χ1v) is 6.08. The molecule has 0 unspecified atom stereocenters. The Hall–Kier alpha value is -3.22. The standard InChI is InChI=1S/C14H10N4O3/c19-13(9-7-17-10-4-2-1-3-8(9)10)18-12-11(14(20)21)15-5-6-16-12/h1-7,17H,(H,20,21)(H,16,18,19). The van der Waals surface area contributed by atoms with E-state index >= 15 is 0 Å². The van der Waals surface area contributed by atoms with E-state index in [0.29, 0.717) is 5.56 Å². The third-order valence-corrected chi connectivity index (χ3v) is 2.97. The highest BCUT2D eigenvalue weighted by atomic mass is 16.4. The highest BCUT2D eigenvalue weighted by Crippen LogP contribution is 2.19.